The summed E-state index contributed by atoms with van der Waals surface area (Å²) in [5.74, 6) is 0.539. The van der Waals surface area contributed by atoms with Crippen LogP contribution in [0.15, 0.2) is 36.5 Å². The molecule has 2 aromatic rings. The van der Waals surface area contributed by atoms with E-state index in [4.69, 9.17) is 26.1 Å². The Hall–Kier alpha value is -2.40. The lowest BCUT2D eigenvalue weighted by atomic mass is 9.84. The first kappa shape index (κ1) is 24.2. The molecule has 0 radical (unpaired) electrons. The fraction of sp³-hybridized carbons (Fsp3) is 0.500. The number of hydrogen-bond acceptors (Lipinski definition) is 5. The van der Waals surface area contributed by atoms with Gasteiger partial charge >= 0.3 is 5.97 Å². The third kappa shape index (κ3) is 7.33. The van der Waals surface area contributed by atoms with Gasteiger partial charge < -0.3 is 9.47 Å². The molecular weight excluding hydrogens is 424 g/mol. The summed E-state index contributed by atoms with van der Waals surface area (Å²) in [6.07, 6.45) is 11.4. The molecule has 0 saturated heterocycles. The molecule has 1 aromatic carbocycles. The van der Waals surface area contributed by atoms with Crippen molar-refractivity contribution in [2.45, 2.75) is 72.3 Å². The number of nitrogens with zero attached hydrogens (tertiary/aromatic N) is 2. The van der Waals surface area contributed by atoms with E-state index in [-0.39, 0.29) is 11.4 Å². The highest BCUT2D eigenvalue weighted by molar-refractivity contribution is 6.31. The Morgan fingerprint density at radius 2 is 2.00 bits per heavy atom. The van der Waals surface area contributed by atoms with Gasteiger partial charge in [0, 0.05) is 6.42 Å². The van der Waals surface area contributed by atoms with E-state index < -0.39 is 0 Å². The van der Waals surface area contributed by atoms with Crippen LogP contribution in [0.4, 0.5) is 0 Å². The van der Waals surface area contributed by atoms with Crippen molar-refractivity contribution in [1.82, 2.24) is 9.97 Å². The normalized spacial score (nSPS) is 15.9. The number of hydrogen-bond donors (Lipinski definition) is 0. The summed E-state index contributed by atoms with van der Waals surface area (Å²) in [6.45, 7) is 6.91. The molecule has 32 heavy (non-hydrogen) atoms. The van der Waals surface area contributed by atoms with E-state index in [1.807, 2.05) is 31.2 Å². The molecule has 6 heteroatoms. The van der Waals surface area contributed by atoms with Crippen LogP contribution in [0.1, 0.15) is 76.2 Å². The van der Waals surface area contributed by atoms with Crippen LogP contribution in [-0.2, 0) is 22.6 Å². The first-order valence-electron chi connectivity index (χ1n) is 11.5. The van der Waals surface area contributed by atoms with Crippen LogP contribution in [0.25, 0.3) is 5.57 Å². The topological polar surface area (TPSA) is 61.3 Å². The van der Waals surface area contributed by atoms with Crippen LogP contribution in [0.2, 0.25) is 5.15 Å². The smallest absolute Gasteiger partial charge is 0.306 e. The summed E-state index contributed by atoms with van der Waals surface area (Å²) in [6, 6.07) is 7.72. The number of benzene rings is 1. The number of carbonyl (C=O) groups is 1. The van der Waals surface area contributed by atoms with E-state index in [1.54, 1.807) is 6.20 Å². The minimum absolute atomic E-state index is 0.0467. The van der Waals surface area contributed by atoms with E-state index in [9.17, 15) is 4.79 Å². The van der Waals surface area contributed by atoms with E-state index in [1.165, 1.54) is 19.3 Å². The standard InChI is InChI=1S/C23H27ClN2O3.C3H6/c1-4-28-20(27)11-10-16-7-5-8-18(13-16)29-15-17-14-25-22(24)21(26-17)19-9-6-12-23(19,2)3;1-2-3-1/h5,7-9,13-14H,4,6,10-12,15H2,1-3H3;1-3H2. The fourth-order valence-electron chi connectivity index (χ4n) is 3.48. The highest BCUT2D eigenvalue weighted by Crippen LogP contribution is 2.44. The summed E-state index contributed by atoms with van der Waals surface area (Å²) in [7, 11) is 0. The Labute approximate surface area is 196 Å². The number of carbonyl (C=O) groups excluding carboxylic acids is 1. The van der Waals surface area contributed by atoms with Gasteiger partial charge in [0.1, 0.15) is 18.1 Å². The number of esters is 1. The zero-order valence-corrected chi connectivity index (χ0v) is 20.1. The van der Waals surface area contributed by atoms with E-state index in [0.29, 0.717) is 31.2 Å². The minimum Gasteiger partial charge on any atom is -0.487 e. The van der Waals surface area contributed by atoms with Gasteiger partial charge in [-0.05, 0) is 54.9 Å². The van der Waals surface area contributed by atoms with Crippen LogP contribution >= 0.6 is 11.6 Å². The second kappa shape index (κ2) is 11.5. The van der Waals surface area contributed by atoms with Crippen molar-refractivity contribution in [1.29, 1.82) is 0 Å². The van der Waals surface area contributed by atoms with Crippen molar-refractivity contribution < 1.29 is 14.3 Å². The van der Waals surface area contributed by atoms with Gasteiger partial charge in [0.15, 0.2) is 5.15 Å². The Balaban J connectivity index is 0.000000887. The van der Waals surface area contributed by atoms with Crippen LogP contribution in [0.3, 0.4) is 0 Å². The third-order valence-electron chi connectivity index (χ3n) is 5.44. The second-order valence-electron chi connectivity index (χ2n) is 8.84. The predicted molar refractivity (Wildman–Crippen MR) is 128 cm³/mol. The maximum Gasteiger partial charge on any atom is 0.306 e. The Bertz CT molecular complexity index is 951. The summed E-state index contributed by atoms with van der Waals surface area (Å²) < 4.78 is 10.9. The lowest BCUT2D eigenvalue weighted by Gasteiger charge is -2.22. The molecule has 1 heterocycles. The molecule has 1 fully saturated rings. The minimum atomic E-state index is -0.188. The van der Waals surface area contributed by atoms with Gasteiger partial charge in [-0.3, -0.25) is 4.79 Å². The molecule has 172 valence electrons. The molecule has 0 unspecified atom stereocenters. The van der Waals surface area contributed by atoms with Gasteiger partial charge in [-0.1, -0.05) is 62.9 Å². The zero-order valence-electron chi connectivity index (χ0n) is 19.3. The average Bonchev–Trinajstić information content (AvgIpc) is 3.61. The highest BCUT2D eigenvalue weighted by atomic mass is 35.5. The number of rotatable bonds is 8. The molecule has 2 aliphatic carbocycles. The first-order chi connectivity index (χ1) is 15.4. The van der Waals surface area contributed by atoms with Crippen molar-refractivity contribution in [2.75, 3.05) is 6.61 Å². The van der Waals surface area contributed by atoms with Crippen molar-refractivity contribution in [3.63, 3.8) is 0 Å². The lowest BCUT2D eigenvalue weighted by Crippen LogP contribution is -2.12. The van der Waals surface area contributed by atoms with E-state index >= 15 is 0 Å². The van der Waals surface area contributed by atoms with Gasteiger partial charge in [0.25, 0.3) is 0 Å². The van der Waals surface area contributed by atoms with Gasteiger partial charge in [0.05, 0.1) is 18.5 Å². The molecule has 0 spiro atoms. The average molecular weight is 457 g/mol. The molecule has 2 aliphatic rings. The number of halogens is 1. The van der Waals surface area contributed by atoms with Crippen LogP contribution in [0.5, 0.6) is 5.75 Å². The van der Waals surface area contributed by atoms with Crippen molar-refractivity contribution in [3.05, 3.63) is 58.6 Å². The molecule has 0 aliphatic heterocycles. The molecule has 1 aromatic heterocycles. The predicted octanol–water partition coefficient (Wildman–Crippen LogP) is 6.58. The van der Waals surface area contributed by atoms with Gasteiger partial charge in [-0.15, -0.1) is 0 Å². The highest BCUT2D eigenvalue weighted by Gasteiger charge is 2.31. The number of ether oxygens (including phenoxy) is 2. The molecule has 0 bridgehead atoms. The largest absolute Gasteiger partial charge is 0.487 e. The number of aromatic nitrogens is 2. The monoisotopic (exact) mass is 456 g/mol. The van der Waals surface area contributed by atoms with Crippen molar-refractivity contribution in [3.8, 4) is 5.75 Å². The zero-order chi connectivity index (χ0) is 23.0. The first-order valence-corrected chi connectivity index (χ1v) is 11.9. The maximum atomic E-state index is 11.5. The van der Waals surface area contributed by atoms with Gasteiger partial charge in [0.2, 0.25) is 0 Å². The molecular formula is C26H33ClN2O3. The van der Waals surface area contributed by atoms with E-state index in [0.717, 1.165) is 41.1 Å². The summed E-state index contributed by atoms with van der Waals surface area (Å²) in [4.78, 5) is 20.6. The Kier molecular flexibility index (Phi) is 8.68. The molecule has 4 rings (SSSR count). The summed E-state index contributed by atoms with van der Waals surface area (Å²) >= 11 is 6.33. The number of allylic oxidation sites excluding steroid dienone is 2. The lowest BCUT2D eigenvalue weighted by molar-refractivity contribution is -0.143. The van der Waals surface area contributed by atoms with E-state index in [2.05, 4.69) is 24.9 Å². The molecule has 0 amide bonds. The van der Waals surface area contributed by atoms with Crippen molar-refractivity contribution in [2.24, 2.45) is 5.41 Å². The van der Waals surface area contributed by atoms with Crippen LogP contribution in [0, 0.1) is 5.41 Å². The van der Waals surface area contributed by atoms with Crippen molar-refractivity contribution >= 4 is 23.1 Å². The SMILES string of the molecule is C1CC1.CCOC(=O)CCc1cccc(OCc2cnc(Cl)c(C3=CCCC3(C)C)n2)c1. The fourth-order valence-corrected chi connectivity index (χ4v) is 3.68. The van der Waals surface area contributed by atoms with Crippen LogP contribution < -0.4 is 4.74 Å². The molecule has 1 saturated carbocycles. The number of aryl methyl sites for hydroxylation is 1. The molecule has 0 atom stereocenters. The molecule has 0 N–H and O–H groups in total. The van der Waals surface area contributed by atoms with Crippen LogP contribution in [-0.4, -0.2) is 22.5 Å². The third-order valence-corrected chi connectivity index (χ3v) is 5.72. The van der Waals surface area contributed by atoms with Gasteiger partial charge in [-0.25, -0.2) is 9.97 Å². The Morgan fingerprint density at radius 3 is 2.66 bits per heavy atom. The second-order valence-corrected chi connectivity index (χ2v) is 9.20. The molecule has 5 nitrogen and oxygen atoms in total. The Morgan fingerprint density at radius 1 is 1.22 bits per heavy atom. The summed E-state index contributed by atoms with van der Waals surface area (Å²) in [5, 5.41) is 0.427. The quantitative estimate of drug-likeness (QED) is 0.420. The summed E-state index contributed by atoms with van der Waals surface area (Å²) in [5.41, 5.74) is 3.70. The van der Waals surface area contributed by atoms with Gasteiger partial charge in [-0.2, -0.15) is 0 Å². The maximum absolute atomic E-state index is 11.5.